The molecule has 0 spiro atoms. The highest BCUT2D eigenvalue weighted by atomic mass is 79.9. The fourth-order valence-corrected chi connectivity index (χ4v) is 4.28. The number of nitrogens with two attached hydrogens (primary N) is 1. The highest BCUT2D eigenvalue weighted by Gasteiger charge is 2.17. The minimum Gasteiger partial charge on any atom is -0.493 e. The first-order valence-corrected chi connectivity index (χ1v) is 11.6. The zero-order valence-electron chi connectivity index (χ0n) is 19.0. The molecule has 0 unspecified atom stereocenters. The van der Waals surface area contributed by atoms with Gasteiger partial charge in [0.1, 0.15) is 5.58 Å². The summed E-state index contributed by atoms with van der Waals surface area (Å²) in [6, 6.07) is 19.8. The number of carbonyl (C=O) groups excluding carboxylic acids is 1. The molecule has 2 N–H and O–H groups in total. The van der Waals surface area contributed by atoms with Crippen molar-refractivity contribution >= 4 is 49.9 Å². The van der Waals surface area contributed by atoms with Gasteiger partial charge in [0.05, 0.1) is 28.7 Å². The lowest BCUT2D eigenvalue weighted by Gasteiger charge is -2.12. The molecule has 0 radical (unpaired) electrons. The number of methoxy groups -OCH3 is 1. The van der Waals surface area contributed by atoms with Gasteiger partial charge in [-0.2, -0.15) is 9.78 Å². The highest BCUT2D eigenvalue weighted by Crippen LogP contribution is 2.36. The van der Waals surface area contributed by atoms with Crippen LogP contribution in [0.1, 0.15) is 5.56 Å². The lowest BCUT2D eigenvalue weighted by atomic mass is 10.2. The van der Waals surface area contributed by atoms with Crippen molar-refractivity contribution in [3.8, 4) is 23.1 Å². The molecule has 10 heteroatoms. The molecular weight excluding hydrogens is 528 g/mol. The lowest BCUT2D eigenvalue weighted by Crippen LogP contribution is -2.20. The van der Waals surface area contributed by atoms with Gasteiger partial charge in [0.2, 0.25) is 5.82 Å². The van der Waals surface area contributed by atoms with Gasteiger partial charge < -0.3 is 19.6 Å². The Hall–Kier alpha value is -4.44. The zero-order valence-corrected chi connectivity index (χ0v) is 20.6. The number of halogens is 1. The topological polar surface area (TPSA) is 122 Å². The van der Waals surface area contributed by atoms with Gasteiger partial charge in [-0.1, -0.05) is 30.3 Å². The number of hydrogen-bond donors (Lipinski definition) is 1. The Morgan fingerprint density at radius 3 is 2.72 bits per heavy atom. The van der Waals surface area contributed by atoms with Gasteiger partial charge in [-0.15, -0.1) is 0 Å². The molecule has 0 atom stereocenters. The van der Waals surface area contributed by atoms with Crippen molar-refractivity contribution < 1.29 is 18.7 Å². The summed E-state index contributed by atoms with van der Waals surface area (Å²) in [7, 11) is 1.47. The second-order valence-corrected chi connectivity index (χ2v) is 8.61. The van der Waals surface area contributed by atoms with Crippen molar-refractivity contribution in [2.45, 2.75) is 0 Å². The molecule has 2 aromatic heterocycles. The molecule has 2 heterocycles. The van der Waals surface area contributed by atoms with Crippen LogP contribution in [0.25, 0.3) is 33.5 Å². The Balaban J connectivity index is 1.63. The number of nitrogens with zero attached hydrogens (tertiary/aromatic N) is 3. The number of rotatable bonds is 7. The molecule has 0 aliphatic carbocycles. The molecule has 180 valence electrons. The fourth-order valence-electron chi connectivity index (χ4n) is 3.70. The summed E-state index contributed by atoms with van der Waals surface area (Å²) in [6.45, 7) is -0.304. The number of ether oxygens (including phenoxy) is 2. The van der Waals surface area contributed by atoms with E-state index in [-0.39, 0.29) is 18.0 Å². The number of hydrogen-bond acceptors (Lipinski definition) is 7. The minimum absolute atomic E-state index is 0.263. The molecule has 5 aromatic rings. The Kier molecular flexibility index (Phi) is 6.26. The summed E-state index contributed by atoms with van der Waals surface area (Å²) in [4.78, 5) is 29.2. The largest absolute Gasteiger partial charge is 0.493 e. The third-order valence-corrected chi connectivity index (χ3v) is 5.92. The van der Waals surface area contributed by atoms with E-state index in [1.165, 1.54) is 18.0 Å². The SMILES string of the molecule is COc1cc(C=Nn2c(-c3cc4ccccc4o3)nc3ccccc3c2=O)cc(Br)c1OCC(N)=O. The van der Waals surface area contributed by atoms with E-state index >= 15 is 0 Å². The predicted molar refractivity (Wildman–Crippen MR) is 140 cm³/mol. The van der Waals surface area contributed by atoms with Crippen LogP contribution in [0.4, 0.5) is 0 Å². The van der Waals surface area contributed by atoms with Crippen molar-refractivity contribution in [3.05, 3.63) is 87.1 Å². The van der Waals surface area contributed by atoms with Crippen LogP contribution in [0.5, 0.6) is 11.5 Å². The molecule has 9 nitrogen and oxygen atoms in total. The van der Waals surface area contributed by atoms with Crippen molar-refractivity contribution in [1.29, 1.82) is 0 Å². The van der Waals surface area contributed by atoms with Crippen LogP contribution in [0, 0.1) is 0 Å². The highest BCUT2D eigenvalue weighted by molar-refractivity contribution is 9.10. The van der Waals surface area contributed by atoms with Gasteiger partial charge in [0, 0.05) is 5.39 Å². The van der Waals surface area contributed by atoms with Crippen LogP contribution >= 0.6 is 15.9 Å². The van der Waals surface area contributed by atoms with Gasteiger partial charge in [0.15, 0.2) is 23.9 Å². The molecule has 0 saturated carbocycles. The molecule has 0 saturated heterocycles. The van der Waals surface area contributed by atoms with Crippen molar-refractivity contribution in [1.82, 2.24) is 9.66 Å². The number of benzene rings is 3. The van der Waals surface area contributed by atoms with Crippen LogP contribution in [0.3, 0.4) is 0 Å². The van der Waals surface area contributed by atoms with Crippen molar-refractivity contribution in [2.75, 3.05) is 13.7 Å². The van der Waals surface area contributed by atoms with Gasteiger partial charge >= 0.3 is 0 Å². The average molecular weight is 547 g/mol. The number of furan rings is 1. The van der Waals surface area contributed by atoms with Gasteiger partial charge in [0.25, 0.3) is 11.5 Å². The molecule has 0 aliphatic heterocycles. The Labute approximate surface area is 212 Å². The summed E-state index contributed by atoms with van der Waals surface area (Å²) in [5.41, 5.74) is 6.63. The Morgan fingerprint density at radius 2 is 1.94 bits per heavy atom. The molecule has 0 fully saturated rings. The van der Waals surface area contributed by atoms with Crippen LogP contribution in [-0.2, 0) is 4.79 Å². The van der Waals surface area contributed by atoms with E-state index < -0.39 is 5.91 Å². The van der Waals surface area contributed by atoms with E-state index in [1.54, 1.807) is 30.3 Å². The quantitative estimate of drug-likeness (QED) is 0.303. The summed E-state index contributed by atoms with van der Waals surface area (Å²) >= 11 is 3.42. The van der Waals surface area contributed by atoms with Crippen molar-refractivity contribution in [2.24, 2.45) is 10.8 Å². The first kappa shape index (κ1) is 23.3. The summed E-state index contributed by atoms with van der Waals surface area (Å²) < 4.78 is 18.6. The summed E-state index contributed by atoms with van der Waals surface area (Å²) in [5.74, 6) is 0.731. The summed E-state index contributed by atoms with van der Waals surface area (Å²) in [6.07, 6.45) is 1.50. The number of para-hydroxylation sites is 2. The maximum Gasteiger partial charge on any atom is 0.282 e. The van der Waals surface area contributed by atoms with E-state index in [2.05, 4.69) is 26.0 Å². The molecule has 1 amide bonds. The zero-order chi connectivity index (χ0) is 25.2. The monoisotopic (exact) mass is 546 g/mol. The standard InChI is InChI=1S/C26H19BrN4O5/c1-34-21-11-15(10-18(27)24(21)35-14-23(28)32)13-29-31-25(22-12-16-6-2-5-9-20(16)36-22)30-19-8-4-3-7-17(19)26(31)33/h2-13H,14H2,1H3,(H2,28,32). The fraction of sp³-hybridized carbons (Fsp3) is 0.0769. The lowest BCUT2D eigenvalue weighted by molar-refractivity contribution is -0.119. The second-order valence-electron chi connectivity index (χ2n) is 7.75. The van der Waals surface area contributed by atoms with Gasteiger partial charge in [-0.3, -0.25) is 9.59 Å². The van der Waals surface area contributed by atoms with Crippen molar-refractivity contribution in [3.63, 3.8) is 0 Å². The van der Waals surface area contributed by atoms with E-state index in [0.717, 1.165) is 5.39 Å². The number of aromatic nitrogens is 2. The van der Waals surface area contributed by atoms with Gasteiger partial charge in [-0.25, -0.2) is 4.98 Å². The maximum absolute atomic E-state index is 13.4. The smallest absolute Gasteiger partial charge is 0.282 e. The molecule has 36 heavy (non-hydrogen) atoms. The Bertz CT molecular complexity index is 1670. The molecule has 0 aliphatic rings. The van der Waals surface area contributed by atoms with Crippen LogP contribution < -0.4 is 20.8 Å². The van der Waals surface area contributed by atoms with Crippen LogP contribution in [0.2, 0.25) is 0 Å². The van der Waals surface area contributed by atoms with Crippen LogP contribution in [0.15, 0.2) is 85.5 Å². The minimum atomic E-state index is -0.615. The third kappa shape index (κ3) is 4.46. The summed E-state index contributed by atoms with van der Waals surface area (Å²) in [5, 5.41) is 5.76. The molecule has 0 bridgehead atoms. The molecular formula is C26H19BrN4O5. The number of amides is 1. The second kappa shape index (κ2) is 9.67. The van der Waals surface area contributed by atoms with Crippen LogP contribution in [-0.4, -0.2) is 35.5 Å². The van der Waals surface area contributed by atoms with Gasteiger partial charge in [-0.05, 0) is 57.9 Å². The Morgan fingerprint density at radius 1 is 1.17 bits per heavy atom. The number of primary amides is 1. The first-order valence-electron chi connectivity index (χ1n) is 10.8. The molecule has 3 aromatic carbocycles. The number of fused-ring (bicyclic) bond motifs is 2. The molecule has 5 rings (SSSR count). The first-order chi connectivity index (χ1) is 17.4. The maximum atomic E-state index is 13.4. The number of carbonyl (C=O) groups is 1. The average Bonchev–Trinajstić information content (AvgIpc) is 3.31. The normalized spacial score (nSPS) is 11.4. The third-order valence-electron chi connectivity index (χ3n) is 5.33. The predicted octanol–water partition coefficient (Wildman–Crippen LogP) is 4.33. The van der Waals surface area contributed by atoms with E-state index in [1.807, 2.05) is 36.4 Å². The van der Waals surface area contributed by atoms with E-state index in [4.69, 9.17) is 19.6 Å². The van der Waals surface area contributed by atoms with E-state index in [0.29, 0.717) is 43.8 Å². The van der Waals surface area contributed by atoms with E-state index in [9.17, 15) is 9.59 Å².